The van der Waals surface area contributed by atoms with Crippen LogP contribution in [0.25, 0.3) is 0 Å². The Kier molecular flexibility index (Phi) is 3.58. The van der Waals surface area contributed by atoms with E-state index in [1.165, 1.54) is 7.89 Å². The van der Waals surface area contributed by atoms with Crippen molar-refractivity contribution in [3.05, 3.63) is 14.1 Å². The number of aromatic nitrogens is 1. The first-order valence-electron chi connectivity index (χ1n) is 3.14. The molecule has 0 bridgehead atoms. The molecule has 2 nitrogen and oxygen atoms in total. The van der Waals surface area contributed by atoms with Crippen molar-refractivity contribution in [3.8, 4) is 0 Å². The van der Waals surface area contributed by atoms with Gasteiger partial charge in [0.15, 0.2) is 0 Å². The summed E-state index contributed by atoms with van der Waals surface area (Å²) in [6.07, 6.45) is 1.90. The lowest BCUT2D eigenvalue weighted by Gasteiger charge is -1.93. The molecule has 0 saturated heterocycles. The zero-order chi connectivity index (χ0) is 7.40. The van der Waals surface area contributed by atoms with Crippen LogP contribution in [0, 0.1) is 2.88 Å². The van der Waals surface area contributed by atoms with Crippen LogP contribution in [0.4, 0.5) is 0 Å². The van der Waals surface area contributed by atoms with Crippen LogP contribution in [0.2, 0.25) is 0 Å². The number of nitrogens with one attached hydrogen (secondary N) is 1. The summed E-state index contributed by atoms with van der Waals surface area (Å²) in [5.41, 5.74) is 0. The molecular weight excluding hydrogens is 259 g/mol. The van der Waals surface area contributed by atoms with E-state index in [1.54, 1.807) is 11.3 Å². The van der Waals surface area contributed by atoms with Crippen molar-refractivity contribution >= 4 is 33.9 Å². The van der Waals surface area contributed by atoms with Crippen LogP contribution in [0.5, 0.6) is 0 Å². The molecular formula is C6H9IN2S. The zero-order valence-electron chi connectivity index (χ0n) is 5.72. The summed E-state index contributed by atoms with van der Waals surface area (Å²) < 4.78 is 1.26. The molecule has 4 heteroatoms. The highest BCUT2D eigenvalue weighted by molar-refractivity contribution is 14.1. The molecule has 1 aromatic rings. The molecule has 0 aliphatic rings. The van der Waals surface area contributed by atoms with E-state index >= 15 is 0 Å². The Hall–Kier alpha value is 0.320. The van der Waals surface area contributed by atoms with E-state index in [0.29, 0.717) is 0 Å². The van der Waals surface area contributed by atoms with E-state index in [0.717, 1.165) is 13.1 Å². The van der Waals surface area contributed by atoms with Gasteiger partial charge in [0.1, 0.15) is 5.01 Å². The predicted octanol–water partition coefficient (Wildman–Crippen LogP) is 1.86. The van der Waals surface area contributed by atoms with Crippen LogP contribution < -0.4 is 5.32 Å². The molecule has 1 aromatic heterocycles. The van der Waals surface area contributed by atoms with E-state index < -0.39 is 0 Å². The van der Waals surface area contributed by atoms with Gasteiger partial charge >= 0.3 is 0 Å². The van der Waals surface area contributed by atoms with Gasteiger partial charge in [-0.1, -0.05) is 6.92 Å². The monoisotopic (exact) mass is 268 g/mol. The Balaban J connectivity index is 2.42. The van der Waals surface area contributed by atoms with Crippen LogP contribution in [-0.2, 0) is 6.54 Å². The van der Waals surface area contributed by atoms with Gasteiger partial charge in [-0.2, -0.15) is 0 Å². The molecule has 1 rings (SSSR count). The molecule has 0 amide bonds. The molecule has 0 radical (unpaired) electrons. The molecule has 0 fully saturated rings. The van der Waals surface area contributed by atoms with Gasteiger partial charge in [0.25, 0.3) is 0 Å². The summed E-state index contributed by atoms with van der Waals surface area (Å²) in [7, 11) is 0. The normalized spacial score (nSPS) is 10.2. The molecule has 0 aliphatic heterocycles. The van der Waals surface area contributed by atoms with Crippen LogP contribution in [0.1, 0.15) is 11.9 Å². The van der Waals surface area contributed by atoms with Crippen LogP contribution in [0.15, 0.2) is 6.20 Å². The molecule has 0 saturated carbocycles. The first-order chi connectivity index (χ1) is 4.83. The van der Waals surface area contributed by atoms with Crippen molar-refractivity contribution in [2.24, 2.45) is 0 Å². The van der Waals surface area contributed by atoms with Gasteiger partial charge < -0.3 is 5.32 Å². The molecule has 56 valence electrons. The Bertz CT molecular complexity index is 199. The second-order valence-electron chi connectivity index (χ2n) is 1.84. The van der Waals surface area contributed by atoms with Gasteiger partial charge in [0.05, 0.1) is 9.08 Å². The molecule has 1 heterocycles. The van der Waals surface area contributed by atoms with E-state index in [2.05, 4.69) is 39.8 Å². The molecule has 0 aliphatic carbocycles. The van der Waals surface area contributed by atoms with Crippen molar-refractivity contribution in [1.29, 1.82) is 0 Å². The first kappa shape index (κ1) is 8.42. The number of rotatable bonds is 3. The minimum Gasteiger partial charge on any atom is -0.311 e. The van der Waals surface area contributed by atoms with Crippen molar-refractivity contribution in [3.63, 3.8) is 0 Å². The maximum Gasteiger partial charge on any atom is 0.107 e. The maximum atomic E-state index is 4.20. The third-order valence-electron chi connectivity index (χ3n) is 1.05. The van der Waals surface area contributed by atoms with E-state index in [1.807, 2.05) is 6.20 Å². The fourth-order valence-corrected chi connectivity index (χ4v) is 2.11. The van der Waals surface area contributed by atoms with Crippen LogP contribution in [-0.4, -0.2) is 11.5 Å². The summed E-state index contributed by atoms with van der Waals surface area (Å²) in [6, 6.07) is 0. The SMILES string of the molecule is CCNCc1ncc(I)s1. The van der Waals surface area contributed by atoms with Crippen molar-refractivity contribution in [1.82, 2.24) is 10.3 Å². The minimum atomic E-state index is 0.907. The molecule has 0 aromatic carbocycles. The number of nitrogens with zero attached hydrogens (tertiary/aromatic N) is 1. The number of thiazole rings is 1. The predicted molar refractivity (Wildman–Crippen MR) is 52.2 cm³/mol. The lowest BCUT2D eigenvalue weighted by atomic mass is 10.6. The van der Waals surface area contributed by atoms with Crippen molar-refractivity contribution in [2.75, 3.05) is 6.54 Å². The quantitative estimate of drug-likeness (QED) is 0.846. The highest BCUT2D eigenvalue weighted by Gasteiger charge is 1.96. The Morgan fingerprint density at radius 3 is 3.10 bits per heavy atom. The average molecular weight is 268 g/mol. The summed E-state index contributed by atoms with van der Waals surface area (Å²) in [5, 5.41) is 4.39. The van der Waals surface area contributed by atoms with Gasteiger partial charge in [0.2, 0.25) is 0 Å². The van der Waals surface area contributed by atoms with Gasteiger partial charge in [-0.15, -0.1) is 11.3 Å². The van der Waals surface area contributed by atoms with Gasteiger partial charge in [-0.25, -0.2) is 4.98 Å². The Labute approximate surface area is 78.2 Å². The fourth-order valence-electron chi connectivity index (χ4n) is 0.602. The Morgan fingerprint density at radius 1 is 1.80 bits per heavy atom. The number of halogens is 1. The maximum absolute atomic E-state index is 4.20. The fraction of sp³-hybridized carbons (Fsp3) is 0.500. The largest absolute Gasteiger partial charge is 0.311 e. The van der Waals surface area contributed by atoms with Gasteiger partial charge in [-0.3, -0.25) is 0 Å². The van der Waals surface area contributed by atoms with Crippen LogP contribution >= 0.6 is 33.9 Å². The van der Waals surface area contributed by atoms with Crippen molar-refractivity contribution < 1.29 is 0 Å². The van der Waals surface area contributed by atoms with Crippen LogP contribution in [0.3, 0.4) is 0 Å². The molecule has 10 heavy (non-hydrogen) atoms. The molecule has 0 atom stereocenters. The molecule has 0 spiro atoms. The highest BCUT2D eigenvalue weighted by Crippen LogP contribution is 2.14. The Morgan fingerprint density at radius 2 is 2.60 bits per heavy atom. The summed E-state index contributed by atoms with van der Waals surface area (Å²) in [5.74, 6) is 0. The van der Waals surface area contributed by atoms with Crippen molar-refractivity contribution in [2.45, 2.75) is 13.5 Å². The third-order valence-corrected chi connectivity index (χ3v) is 2.78. The summed E-state index contributed by atoms with van der Waals surface area (Å²) in [6.45, 7) is 4.01. The van der Waals surface area contributed by atoms with Gasteiger partial charge in [-0.05, 0) is 29.1 Å². The third kappa shape index (κ3) is 2.51. The van der Waals surface area contributed by atoms with E-state index in [4.69, 9.17) is 0 Å². The van der Waals surface area contributed by atoms with E-state index in [-0.39, 0.29) is 0 Å². The first-order valence-corrected chi connectivity index (χ1v) is 5.03. The molecule has 0 unspecified atom stereocenters. The second-order valence-corrected chi connectivity index (χ2v) is 4.85. The number of hydrogen-bond acceptors (Lipinski definition) is 3. The lowest BCUT2D eigenvalue weighted by Crippen LogP contribution is -2.11. The van der Waals surface area contributed by atoms with E-state index in [9.17, 15) is 0 Å². The average Bonchev–Trinajstić information content (AvgIpc) is 2.31. The van der Waals surface area contributed by atoms with Gasteiger partial charge in [0, 0.05) is 6.54 Å². The lowest BCUT2D eigenvalue weighted by molar-refractivity contribution is 0.722. The summed E-state index contributed by atoms with van der Waals surface area (Å²) in [4.78, 5) is 4.20. The summed E-state index contributed by atoms with van der Waals surface area (Å²) >= 11 is 4.02. The second kappa shape index (κ2) is 4.25. The zero-order valence-corrected chi connectivity index (χ0v) is 8.70. The smallest absolute Gasteiger partial charge is 0.107 e. The minimum absolute atomic E-state index is 0.907. The standard InChI is InChI=1S/C6H9IN2S/c1-2-8-4-6-9-3-5(7)10-6/h3,8H,2,4H2,1H3. The topological polar surface area (TPSA) is 24.9 Å². The number of hydrogen-bond donors (Lipinski definition) is 1. The highest BCUT2D eigenvalue weighted by atomic mass is 127. The molecule has 1 N–H and O–H groups in total.